The number of amides is 1. The predicted octanol–water partition coefficient (Wildman–Crippen LogP) is 1.26. The van der Waals surface area contributed by atoms with Gasteiger partial charge in [0.1, 0.15) is 5.82 Å². The Morgan fingerprint density at radius 2 is 2.15 bits per heavy atom. The molecule has 1 aliphatic heterocycles. The van der Waals surface area contributed by atoms with E-state index in [0.717, 1.165) is 16.1 Å². The number of aryl methyl sites for hydroxylation is 1. The van der Waals surface area contributed by atoms with E-state index in [1.54, 1.807) is 22.7 Å². The topological polar surface area (TPSA) is 118 Å². The summed E-state index contributed by atoms with van der Waals surface area (Å²) >= 11 is 0. The number of aliphatic hydroxyl groups excluding tert-OH is 1. The Bertz CT molecular complexity index is 1080. The van der Waals surface area contributed by atoms with Crippen molar-refractivity contribution < 1.29 is 27.4 Å². The van der Waals surface area contributed by atoms with Crippen molar-refractivity contribution >= 4 is 15.9 Å². The van der Waals surface area contributed by atoms with E-state index in [1.165, 1.54) is 25.2 Å². The Kier molecular flexibility index (Phi) is 8.74. The number of fused-ring (bicyclic) bond motifs is 1. The second-order valence-corrected chi connectivity index (χ2v) is 10.7. The fraction of sp³-hybridized carbons (Fsp3) is 0.591. The van der Waals surface area contributed by atoms with Crippen molar-refractivity contribution in [1.82, 2.24) is 24.2 Å². The molecule has 2 heterocycles. The minimum Gasteiger partial charge on any atom is -0.394 e. The van der Waals surface area contributed by atoms with Crippen LogP contribution in [0, 0.1) is 11.7 Å². The van der Waals surface area contributed by atoms with Gasteiger partial charge in [-0.25, -0.2) is 17.5 Å². The zero-order chi connectivity index (χ0) is 24.9. The van der Waals surface area contributed by atoms with Gasteiger partial charge in [-0.05, 0) is 31.5 Å². The van der Waals surface area contributed by atoms with Gasteiger partial charge in [0.25, 0.3) is 0 Å². The van der Waals surface area contributed by atoms with E-state index in [1.807, 2.05) is 6.92 Å². The van der Waals surface area contributed by atoms with Crippen LogP contribution in [0.2, 0.25) is 0 Å². The molecule has 2 aromatic rings. The Hall–Kier alpha value is -2.41. The van der Waals surface area contributed by atoms with Crippen LogP contribution in [0.3, 0.4) is 0 Å². The van der Waals surface area contributed by atoms with Crippen molar-refractivity contribution in [3.05, 3.63) is 42.0 Å². The third kappa shape index (κ3) is 6.17. The molecule has 12 heteroatoms. The number of hydrogen-bond donors (Lipinski definition) is 1. The third-order valence-electron chi connectivity index (χ3n) is 6.08. The first-order chi connectivity index (χ1) is 16.1. The van der Waals surface area contributed by atoms with Gasteiger partial charge in [-0.15, -0.1) is 5.10 Å². The van der Waals surface area contributed by atoms with Gasteiger partial charge in [0.05, 0.1) is 42.1 Å². The predicted molar refractivity (Wildman–Crippen MR) is 121 cm³/mol. The van der Waals surface area contributed by atoms with Crippen molar-refractivity contribution in [1.29, 1.82) is 0 Å². The number of rotatable bonds is 6. The molecule has 3 atom stereocenters. The molecule has 0 saturated heterocycles. The molecule has 0 aliphatic carbocycles. The maximum absolute atomic E-state index is 13.7. The minimum absolute atomic E-state index is 0.0168. The van der Waals surface area contributed by atoms with E-state index >= 15 is 0 Å². The van der Waals surface area contributed by atoms with Gasteiger partial charge in [0.2, 0.25) is 15.9 Å². The van der Waals surface area contributed by atoms with Gasteiger partial charge in [-0.2, -0.15) is 4.31 Å². The molecule has 1 aliphatic rings. The average Bonchev–Trinajstić information content (AvgIpc) is 3.25. The number of likely N-dealkylation sites (N-methyl/N-ethyl adjacent to an activating group) is 1. The molecule has 3 rings (SSSR count). The molecule has 1 aromatic carbocycles. The quantitative estimate of drug-likeness (QED) is 0.638. The number of aromatic nitrogens is 3. The summed E-state index contributed by atoms with van der Waals surface area (Å²) in [7, 11) is -2.55. The molecule has 188 valence electrons. The van der Waals surface area contributed by atoms with E-state index in [-0.39, 0.29) is 49.4 Å². The fourth-order valence-corrected chi connectivity index (χ4v) is 5.12. The molecule has 1 amide bonds. The van der Waals surface area contributed by atoms with E-state index in [2.05, 4.69) is 10.3 Å². The Labute approximate surface area is 199 Å². The number of benzene rings is 1. The lowest BCUT2D eigenvalue weighted by Crippen LogP contribution is -2.47. The van der Waals surface area contributed by atoms with Gasteiger partial charge < -0.3 is 14.7 Å². The Morgan fingerprint density at radius 3 is 2.85 bits per heavy atom. The lowest BCUT2D eigenvalue weighted by Gasteiger charge is -2.35. The number of halogens is 1. The van der Waals surface area contributed by atoms with E-state index in [9.17, 15) is 22.7 Å². The maximum Gasteiger partial charge on any atom is 0.243 e. The Balaban J connectivity index is 1.87. The fourth-order valence-electron chi connectivity index (χ4n) is 3.90. The molecule has 0 saturated carbocycles. The van der Waals surface area contributed by atoms with Crippen LogP contribution in [0.15, 0.2) is 35.4 Å². The molecular formula is C22H32FN5O5S. The Morgan fingerprint density at radius 1 is 1.38 bits per heavy atom. The number of aliphatic hydroxyl groups is 1. The maximum atomic E-state index is 13.7. The zero-order valence-electron chi connectivity index (χ0n) is 19.7. The SMILES string of the molecule is C[C@H]1CN([C@@H](C)CO)C(=O)CCCn2nncc2CO[C@H]1CN(C)S(=O)(=O)c1cccc(F)c1. The van der Waals surface area contributed by atoms with Crippen molar-refractivity contribution in [2.24, 2.45) is 5.92 Å². The molecule has 34 heavy (non-hydrogen) atoms. The van der Waals surface area contributed by atoms with Crippen molar-refractivity contribution in [3.8, 4) is 0 Å². The molecule has 0 unspecified atom stereocenters. The van der Waals surface area contributed by atoms with Crippen LogP contribution in [0.5, 0.6) is 0 Å². The first-order valence-electron chi connectivity index (χ1n) is 11.2. The smallest absolute Gasteiger partial charge is 0.243 e. The van der Waals surface area contributed by atoms with Crippen LogP contribution in [-0.2, 0) is 32.7 Å². The number of carbonyl (C=O) groups is 1. The molecular weight excluding hydrogens is 465 g/mol. The molecule has 0 radical (unpaired) electrons. The summed E-state index contributed by atoms with van der Waals surface area (Å²) in [6.07, 6.45) is 1.84. The molecule has 1 N–H and O–H groups in total. The van der Waals surface area contributed by atoms with E-state index in [0.29, 0.717) is 13.0 Å². The highest BCUT2D eigenvalue weighted by molar-refractivity contribution is 7.89. The van der Waals surface area contributed by atoms with Crippen molar-refractivity contribution in [2.75, 3.05) is 26.7 Å². The summed E-state index contributed by atoms with van der Waals surface area (Å²) in [5, 5.41) is 17.7. The molecule has 0 bridgehead atoms. The number of ether oxygens (including phenoxy) is 1. The number of nitrogens with zero attached hydrogens (tertiary/aromatic N) is 5. The lowest BCUT2D eigenvalue weighted by molar-refractivity contribution is -0.136. The summed E-state index contributed by atoms with van der Waals surface area (Å²) in [6, 6.07) is 4.45. The second kappa shape index (κ2) is 11.3. The first kappa shape index (κ1) is 26.2. The largest absolute Gasteiger partial charge is 0.394 e. The third-order valence-corrected chi connectivity index (χ3v) is 7.90. The van der Waals surface area contributed by atoms with Gasteiger partial charge in [-0.3, -0.25) is 4.79 Å². The van der Waals surface area contributed by atoms with E-state index < -0.39 is 28.0 Å². The van der Waals surface area contributed by atoms with Crippen molar-refractivity contribution in [3.63, 3.8) is 0 Å². The van der Waals surface area contributed by atoms with Crippen LogP contribution in [0.1, 0.15) is 32.4 Å². The van der Waals surface area contributed by atoms with Gasteiger partial charge >= 0.3 is 0 Å². The number of hydrogen-bond acceptors (Lipinski definition) is 7. The van der Waals surface area contributed by atoms with Gasteiger partial charge in [-0.1, -0.05) is 18.2 Å². The van der Waals surface area contributed by atoms with Crippen LogP contribution in [0.25, 0.3) is 0 Å². The van der Waals surface area contributed by atoms with Crippen LogP contribution in [0.4, 0.5) is 4.39 Å². The van der Waals surface area contributed by atoms with Crippen molar-refractivity contribution in [2.45, 2.75) is 56.9 Å². The highest BCUT2D eigenvalue weighted by Gasteiger charge is 2.31. The van der Waals surface area contributed by atoms with Crippen LogP contribution >= 0.6 is 0 Å². The summed E-state index contributed by atoms with van der Waals surface area (Å²) in [6.45, 7) is 4.37. The molecule has 0 fully saturated rings. The lowest BCUT2D eigenvalue weighted by atomic mass is 10.0. The zero-order valence-corrected chi connectivity index (χ0v) is 20.5. The van der Waals surface area contributed by atoms with Gasteiger partial charge in [0, 0.05) is 39.0 Å². The molecule has 1 aromatic heterocycles. The molecule has 10 nitrogen and oxygen atoms in total. The summed E-state index contributed by atoms with van der Waals surface area (Å²) in [5.74, 6) is -1.01. The monoisotopic (exact) mass is 497 g/mol. The second-order valence-electron chi connectivity index (χ2n) is 8.70. The number of sulfonamides is 1. The first-order valence-corrected chi connectivity index (χ1v) is 12.7. The average molecular weight is 498 g/mol. The van der Waals surface area contributed by atoms with Crippen LogP contribution < -0.4 is 0 Å². The highest BCUT2D eigenvalue weighted by Crippen LogP contribution is 2.21. The normalized spacial score (nSPS) is 21.6. The number of carbonyl (C=O) groups excluding carboxylic acids is 1. The summed E-state index contributed by atoms with van der Waals surface area (Å²) in [4.78, 5) is 14.4. The van der Waals surface area contributed by atoms with Gasteiger partial charge in [0.15, 0.2) is 0 Å². The van der Waals surface area contributed by atoms with Crippen LogP contribution in [-0.4, -0.2) is 82.5 Å². The molecule has 0 spiro atoms. The van der Waals surface area contributed by atoms with E-state index in [4.69, 9.17) is 4.74 Å². The summed E-state index contributed by atoms with van der Waals surface area (Å²) in [5.41, 5.74) is 0.724. The minimum atomic E-state index is -3.97. The highest BCUT2D eigenvalue weighted by atomic mass is 32.2. The standard InChI is InChI=1S/C22H32FN5O5S/c1-16-12-27(17(2)14-29)22(30)8-5-9-28-19(11-24-25-28)15-33-21(16)13-26(3)34(31,32)20-7-4-6-18(23)10-20/h4,6-7,10-11,16-17,21,29H,5,8-9,12-15H2,1-3H3/t16-,17-,21-/m0/s1. The summed E-state index contributed by atoms with van der Waals surface area (Å²) < 4.78 is 48.7.